The van der Waals surface area contributed by atoms with Crippen LogP contribution in [0, 0.1) is 12.7 Å². The largest absolute Gasteiger partial charge is 0.466 e. The van der Waals surface area contributed by atoms with Gasteiger partial charge < -0.3 is 14.2 Å². The van der Waals surface area contributed by atoms with Gasteiger partial charge >= 0.3 is 5.97 Å². The number of hydrogen-bond donors (Lipinski definition) is 0. The highest BCUT2D eigenvalue weighted by molar-refractivity contribution is 5.84. The first-order chi connectivity index (χ1) is 14.0. The first kappa shape index (κ1) is 19.9. The van der Waals surface area contributed by atoms with Crippen molar-refractivity contribution in [3.05, 3.63) is 39.9 Å². The van der Waals surface area contributed by atoms with Crippen LogP contribution in [0.5, 0.6) is 0 Å². The monoisotopic (exact) mass is 401 g/mol. The van der Waals surface area contributed by atoms with Gasteiger partial charge in [0.1, 0.15) is 5.82 Å². The molecule has 1 saturated heterocycles. The normalized spacial score (nSPS) is 17.7. The van der Waals surface area contributed by atoms with Crippen LogP contribution < -0.4 is 10.3 Å². The van der Waals surface area contributed by atoms with Gasteiger partial charge in [-0.25, -0.2) is 4.39 Å². The number of rotatable bonds is 6. The molecule has 4 rings (SSSR count). The number of benzene rings is 1. The molecule has 2 aliphatic rings. The Kier molecular flexibility index (Phi) is 5.58. The van der Waals surface area contributed by atoms with E-state index >= 15 is 0 Å². The predicted octanol–water partition coefficient (Wildman–Crippen LogP) is 2.86. The lowest BCUT2D eigenvalue weighted by molar-refractivity contribution is -0.143. The number of esters is 1. The van der Waals surface area contributed by atoms with Gasteiger partial charge in [0.05, 0.1) is 24.2 Å². The molecule has 2 heterocycles. The number of ether oxygens (including phenoxy) is 1. The molecule has 0 unspecified atom stereocenters. The summed E-state index contributed by atoms with van der Waals surface area (Å²) >= 11 is 0. The fourth-order valence-electron chi connectivity index (χ4n) is 4.09. The van der Waals surface area contributed by atoms with Crippen molar-refractivity contribution >= 4 is 22.6 Å². The van der Waals surface area contributed by atoms with Crippen molar-refractivity contribution in [1.82, 2.24) is 9.47 Å². The third kappa shape index (κ3) is 4.15. The minimum Gasteiger partial charge on any atom is -0.466 e. The van der Waals surface area contributed by atoms with Crippen LogP contribution in [-0.4, -0.2) is 54.8 Å². The SMILES string of the molecule is CCOC(=O)CCN1CCN(c2cc3c(cc2F)c(=O)c(C)cn3C2CC2)CC1. The number of nitrogens with zero attached hydrogens (tertiary/aromatic N) is 3. The molecule has 0 bridgehead atoms. The van der Waals surface area contributed by atoms with E-state index in [0.717, 1.165) is 31.4 Å². The van der Waals surface area contributed by atoms with Gasteiger partial charge in [-0.15, -0.1) is 0 Å². The first-order valence-corrected chi connectivity index (χ1v) is 10.5. The summed E-state index contributed by atoms with van der Waals surface area (Å²) in [6.45, 7) is 7.56. The standard InChI is InChI=1S/C22H28FN3O3/c1-3-29-21(27)6-7-24-8-10-25(11-9-24)20-13-19-17(12-18(20)23)22(28)15(2)14-26(19)16-4-5-16/h12-14,16H,3-11H2,1-2H3. The van der Waals surface area contributed by atoms with Crippen molar-refractivity contribution in [3.8, 4) is 0 Å². The maximum Gasteiger partial charge on any atom is 0.307 e. The molecular weight excluding hydrogens is 373 g/mol. The zero-order valence-electron chi connectivity index (χ0n) is 17.1. The van der Waals surface area contributed by atoms with E-state index in [9.17, 15) is 14.0 Å². The molecule has 1 aliphatic heterocycles. The number of fused-ring (bicyclic) bond motifs is 1. The minimum atomic E-state index is -0.345. The van der Waals surface area contributed by atoms with E-state index in [1.807, 2.05) is 17.2 Å². The number of aryl methyl sites for hydroxylation is 1. The van der Waals surface area contributed by atoms with Crippen molar-refractivity contribution in [2.75, 3.05) is 44.2 Å². The van der Waals surface area contributed by atoms with Gasteiger partial charge in [0, 0.05) is 55.9 Å². The van der Waals surface area contributed by atoms with E-state index < -0.39 is 0 Å². The quantitative estimate of drug-likeness (QED) is 0.697. The highest BCUT2D eigenvalue weighted by Gasteiger charge is 2.27. The molecule has 7 heteroatoms. The molecule has 0 spiro atoms. The molecule has 29 heavy (non-hydrogen) atoms. The Morgan fingerprint density at radius 2 is 1.93 bits per heavy atom. The molecule has 2 fully saturated rings. The van der Waals surface area contributed by atoms with E-state index in [0.29, 0.717) is 55.3 Å². The Hall–Kier alpha value is -2.41. The van der Waals surface area contributed by atoms with Crippen LogP contribution in [0.15, 0.2) is 23.1 Å². The summed E-state index contributed by atoms with van der Waals surface area (Å²) < 4.78 is 22.1. The second-order valence-corrected chi connectivity index (χ2v) is 7.98. The van der Waals surface area contributed by atoms with Gasteiger partial charge in [-0.3, -0.25) is 14.5 Å². The van der Waals surface area contributed by atoms with Gasteiger partial charge in [0.15, 0.2) is 5.43 Å². The van der Waals surface area contributed by atoms with Gasteiger partial charge in [0.25, 0.3) is 0 Å². The Bertz CT molecular complexity index is 975. The number of hydrogen-bond acceptors (Lipinski definition) is 5. The number of halogens is 1. The number of piperazine rings is 1. The van der Waals surface area contributed by atoms with Gasteiger partial charge in [-0.1, -0.05) is 0 Å². The lowest BCUT2D eigenvalue weighted by Gasteiger charge is -2.36. The molecule has 0 radical (unpaired) electrons. The van der Waals surface area contributed by atoms with Gasteiger partial charge in [-0.05, 0) is 38.8 Å². The fraction of sp³-hybridized carbons (Fsp3) is 0.545. The molecule has 6 nitrogen and oxygen atoms in total. The number of pyridine rings is 1. The molecule has 1 aliphatic carbocycles. The predicted molar refractivity (Wildman–Crippen MR) is 111 cm³/mol. The van der Waals surface area contributed by atoms with E-state index in [4.69, 9.17) is 4.74 Å². The fourth-order valence-corrected chi connectivity index (χ4v) is 4.09. The molecule has 156 valence electrons. The van der Waals surface area contributed by atoms with Gasteiger partial charge in [0.2, 0.25) is 0 Å². The van der Waals surface area contributed by atoms with Crippen molar-refractivity contribution in [3.63, 3.8) is 0 Å². The summed E-state index contributed by atoms with van der Waals surface area (Å²) in [4.78, 5) is 28.3. The van der Waals surface area contributed by atoms with Crippen molar-refractivity contribution < 1.29 is 13.9 Å². The molecule has 0 N–H and O–H groups in total. The Labute approximate surface area is 169 Å². The molecule has 1 aromatic heterocycles. The van der Waals surface area contributed by atoms with Gasteiger partial charge in [-0.2, -0.15) is 0 Å². The maximum atomic E-state index is 14.9. The lowest BCUT2D eigenvalue weighted by Crippen LogP contribution is -2.47. The van der Waals surface area contributed by atoms with Crippen LogP contribution in [0.25, 0.3) is 10.9 Å². The molecule has 1 saturated carbocycles. The topological polar surface area (TPSA) is 54.8 Å². The summed E-state index contributed by atoms with van der Waals surface area (Å²) in [6.07, 6.45) is 4.50. The number of carbonyl (C=O) groups excluding carboxylic acids is 1. The van der Waals surface area contributed by atoms with E-state index in [1.165, 1.54) is 6.07 Å². The van der Waals surface area contributed by atoms with E-state index in [-0.39, 0.29) is 17.2 Å². The molecule has 0 amide bonds. The number of carbonyl (C=O) groups is 1. The van der Waals surface area contributed by atoms with Crippen LogP contribution in [0.3, 0.4) is 0 Å². The molecule has 1 aromatic carbocycles. The van der Waals surface area contributed by atoms with Crippen molar-refractivity contribution in [2.45, 2.75) is 39.2 Å². The third-order valence-electron chi connectivity index (χ3n) is 5.87. The summed E-state index contributed by atoms with van der Waals surface area (Å²) in [5, 5.41) is 0.464. The number of anilines is 1. The van der Waals surface area contributed by atoms with Crippen LogP contribution in [0.4, 0.5) is 10.1 Å². The molecular formula is C22H28FN3O3. The Balaban J connectivity index is 1.52. The van der Waals surface area contributed by atoms with Crippen LogP contribution in [0.2, 0.25) is 0 Å². The summed E-state index contributed by atoms with van der Waals surface area (Å²) in [5.41, 5.74) is 1.95. The number of aromatic nitrogens is 1. The third-order valence-corrected chi connectivity index (χ3v) is 5.87. The van der Waals surface area contributed by atoms with Crippen LogP contribution >= 0.6 is 0 Å². The summed E-state index contributed by atoms with van der Waals surface area (Å²) in [7, 11) is 0. The average Bonchev–Trinajstić information content (AvgIpc) is 3.55. The zero-order valence-corrected chi connectivity index (χ0v) is 17.1. The summed E-state index contributed by atoms with van der Waals surface area (Å²) in [5.74, 6) is -0.522. The minimum absolute atomic E-state index is 0.0915. The Morgan fingerprint density at radius 3 is 2.59 bits per heavy atom. The molecule has 2 aromatic rings. The second-order valence-electron chi connectivity index (χ2n) is 7.98. The Morgan fingerprint density at radius 1 is 1.21 bits per heavy atom. The summed E-state index contributed by atoms with van der Waals surface area (Å²) in [6, 6.07) is 3.67. The van der Waals surface area contributed by atoms with Crippen LogP contribution in [-0.2, 0) is 9.53 Å². The second kappa shape index (κ2) is 8.14. The zero-order chi connectivity index (χ0) is 20.5. The van der Waals surface area contributed by atoms with Crippen molar-refractivity contribution in [1.29, 1.82) is 0 Å². The lowest BCUT2D eigenvalue weighted by atomic mass is 10.1. The van der Waals surface area contributed by atoms with Crippen LogP contribution in [0.1, 0.15) is 37.8 Å². The highest BCUT2D eigenvalue weighted by atomic mass is 19.1. The highest BCUT2D eigenvalue weighted by Crippen LogP contribution is 2.38. The molecule has 0 atom stereocenters. The first-order valence-electron chi connectivity index (χ1n) is 10.5. The van der Waals surface area contributed by atoms with Crippen molar-refractivity contribution in [2.24, 2.45) is 0 Å². The van der Waals surface area contributed by atoms with E-state index in [2.05, 4.69) is 9.47 Å². The average molecular weight is 401 g/mol. The smallest absolute Gasteiger partial charge is 0.307 e. The maximum absolute atomic E-state index is 14.9. The van der Waals surface area contributed by atoms with E-state index in [1.54, 1.807) is 13.8 Å².